The van der Waals surface area contributed by atoms with E-state index in [4.69, 9.17) is 14.8 Å². The van der Waals surface area contributed by atoms with E-state index < -0.39 is 0 Å². The van der Waals surface area contributed by atoms with Crippen molar-refractivity contribution in [1.29, 1.82) is 0 Å². The van der Waals surface area contributed by atoms with Crippen LogP contribution in [-0.2, 0) is 17.6 Å². The Bertz CT molecular complexity index is 852. The summed E-state index contributed by atoms with van der Waals surface area (Å²) in [5, 5.41) is 7.81. The van der Waals surface area contributed by atoms with Crippen LogP contribution in [0, 0.1) is 0 Å². The molecule has 2 saturated heterocycles. The van der Waals surface area contributed by atoms with Crippen LogP contribution in [0.25, 0.3) is 5.52 Å². The number of aryl methyl sites for hydroxylation is 2. The number of fused-ring (bicyclic) bond motifs is 3. The van der Waals surface area contributed by atoms with Crippen molar-refractivity contribution in [3.63, 3.8) is 0 Å². The Hall–Kier alpha value is -2.35. The molecule has 0 aromatic carbocycles. The minimum Gasteiger partial charge on any atom is -0.376 e. The number of nitrogens with one attached hydrogen (secondary N) is 1. The molecule has 0 radical (unpaired) electrons. The molecular weight excluding hydrogens is 356 g/mol. The lowest BCUT2D eigenvalue weighted by Gasteiger charge is -2.35. The molecule has 28 heavy (non-hydrogen) atoms. The maximum Gasteiger partial charge on any atom is 0.317 e. The molecule has 2 aromatic heterocycles. The van der Waals surface area contributed by atoms with Crippen LogP contribution < -0.4 is 10.2 Å². The molecule has 2 aromatic rings. The molecule has 2 fully saturated rings. The van der Waals surface area contributed by atoms with E-state index in [1.165, 1.54) is 24.1 Å². The van der Waals surface area contributed by atoms with Crippen LogP contribution in [0.1, 0.15) is 36.9 Å². The fourth-order valence-electron chi connectivity index (χ4n) is 4.62. The third-order valence-corrected chi connectivity index (χ3v) is 6.17. The number of hydrogen-bond donors (Lipinski definition) is 1. The number of aromatic nitrogens is 3. The van der Waals surface area contributed by atoms with Gasteiger partial charge in [-0.25, -0.2) is 14.3 Å². The van der Waals surface area contributed by atoms with E-state index in [0.29, 0.717) is 19.6 Å². The number of carbonyl (C=O) groups excluding carboxylic acids is 1. The first kappa shape index (κ1) is 17.7. The minimum absolute atomic E-state index is 0.0167. The second-order valence-corrected chi connectivity index (χ2v) is 7.97. The van der Waals surface area contributed by atoms with E-state index in [2.05, 4.69) is 10.2 Å². The highest BCUT2D eigenvalue weighted by molar-refractivity contribution is 5.76. The number of nitrogens with zero attached hydrogens (tertiary/aromatic N) is 5. The van der Waals surface area contributed by atoms with Crippen LogP contribution in [0.15, 0.2) is 12.4 Å². The number of ether oxygens (including phenoxy) is 1. The standard InChI is InChI=1S/C20H28N6O2/c27-20(22-14-15-4-3-13-28-15)25-11-9-24(10-12-25)19-18-16-5-1-2-6-17(16)23-26(18)8-7-21-19/h7-8,15H,1-6,9-14H2,(H,22,27)/t15-/m0/s1. The molecule has 8 heteroatoms. The van der Waals surface area contributed by atoms with E-state index in [1.807, 2.05) is 21.8 Å². The van der Waals surface area contributed by atoms with Crippen molar-refractivity contribution < 1.29 is 9.53 Å². The summed E-state index contributed by atoms with van der Waals surface area (Å²) in [6, 6.07) is 0.0167. The van der Waals surface area contributed by atoms with E-state index in [-0.39, 0.29) is 12.1 Å². The predicted octanol–water partition coefficient (Wildman–Crippen LogP) is 1.62. The maximum atomic E-state index is 12.5. The minimum atomic E-state index is 0.0167. The van der Waals surface area contributed by atoms with Gasteiger partial charge in [0.05, 0.1) is 11.8 Å². The Kier molecular flexibility index (Phi) is 4.80. The maximum absolute atomic E-state index is 12.5. The van der Waals surface area contributed by atoms with Gasteiger partial charge in [-0.3, -0.25) is 0 Å². The molecule has 0 saturated carbocycles. The molecule has 8 nitrogen and oxygen atoms in total. The molecule has 0 unspecified atom stereocenters. The monoisotopic (exact) mass is 384 g/mol. The average Bonchev–Trinajstić information content (AvgIpc) is 3.39. The summed E-state index contributed by atoms with van der Waals surface area (Å²) in [5.41, 5.74) is 3.76. The lowest BCUT2D eigenvalue weighted by molar-refractivity contribution is 0.108. The molecule has 0 spiro atoms. The van der Waals surface area contributed by atoms with Crippen molar-refractivity contribution in [1.82, 2.24) is 24.8 Å². The first-order valence-corrected chi connectivity index (χ1v) is 10.5. The summed E-state index contributed by atoms with van der Waals surface area (Å²) in [7, 11) is 0. The lowest BCUT2D eigenvalue weighted by atomic mass is 9.97. The zero-order valence-corrected chi connectivity index (χ0v) is 16.3. The van der Waals surface area contributed by atoms with Crippen molar-refractivity contribution in [2.24, 2.45) is 0 Å². The molecule has 150 valence electrons. The summed E-state index contributed by atoms with van der Waals surface area (Å²) in [4.78, 5) is 21.4. The van der Waals surface area contributed by atoms with Crippen molar-refractivity contribution >= 4 is 17.4 Å². The van der Waals surface area contributed by atoms with Crippen LogP contribution in [0.3, 0.4) is 0 Å². The number of amides is 2. The number of hydrogen-bond acceptors (Lipinski definition) is 5. The molecule has 1 aliphatic carbocycles. The number of rotatable bonds is 3. The fraction of sp³-hybridized carbons (Fsp3) is 0.650. The van der Waals surface area contributed by atoms with Gasteiger partial charge in [0.25, 0.3) is 0 Å². The summed E-state index contributed by atoms with van der Waals surface area (Å²) >= 11 is 0. The molecule has 5 rings (SSSR count). The quantitative estimate of drug-likeness (QED) is 0.870. The molecule has 1 atom stereocenters. The third-order valence-electron chi connectivity index (χ3n) is 6.17. The SMILES string of the molecule is O=C(NC[C@@H]1CCCO1)N1CCN(c2nccn3nc4c(c23)CCCC4)CC1. The Morgan fingerprint density at radius 2 is 2.04 bits per heavy atom. The average molecular weight is 384 g/mol. The molecule has 2 amide bonds. The molecule has 2 aliphatic heterocycles. The highest BCUT2D eigenvalue weighted by atomic mass is 16.5. The fourth-order valence-corrected chi connectivity index (χ4v) is 4.62. The number of urea groups is 1. The molecule has 4 heterocycles. The second-order valence-electron chi connectivity index (χ2n) is 7.97. The van der Waals surface area contributed by atoms with Crippen LogP contribution in [0.4, 0.5) is 10.6 Å². The Labute approximate surface area is 164 Å². The number of piperazine rings is 1. The summed E-state index contributed by atoms with van der Waals surface area (Å²) in [6.45, 7) is 4.42. The zero-order valence-electron chi connectivity index (χ0n) is 16.3. The Balaban J connectivity index is 1.25. The third kappa shape index (κ3) is 3.30. The zero-order chi connectivity index (χ0) is 18.9. The summed E-state index contributed by atoms with van der Waals surface area (Å²) < 4.78 is 7.59. The van der Waals surface area contributed by atoms with Gasteiger partial charge in [0.1, 0.15) is 5.52 Å². The summed E-state index contributed by atoms with van der Waals surface area (Å²) in [6.07, 6.45) is 10.7. The molecular formula is C20H28N6O2. The largest absolute Gasteiger partial charge is 0.376 e. The molecule has 1 N–H and O–H groups in total. The van der Waals surface area contributed by atoms with Crippen LogP contribution in [0.5, 0.6) is 0 Å². The van der Waals surface area contributed by atoms with Crippen LogP contribution in [-0.4, -0.2) is 71.0 Å². The van der Waals surface area contributed by atoms with Gasteiger partial charge in [0.2, 0.25) is 0 Å². The van der Waals surface area contributed by atoms with Gasteiger partial charge in [-0.05, 0) is 38.5 Å². The smallest absolute Gasteiger partial charge is 0.317 e. The molecule has 0 bridgehead atoms. The number of carbonyl (C=O) groups is 1. The Morgan fingerprint density at radius 3 is 2.86 bits per heavy atom. The normalized spacial score (nSPS) is 22.5. The van der Waals surface area contributed by atoms with Crippen molar-refractivity contribution in [3.05, 3.63) is 23.7 Å². The highest BCUT2D eigenvalue weighted by Crippen LogP contribution is 2.30. The van der Waals surface area contributed by atoms with Crippen molar-refractivity contribution in [2.75, 3.05) is 44.2 Å². The van der Waals surface area contributed by atoms with Crippen LogP contribution >= 0.6 is 0 Å². The van der Waals surface area contributed by atoms with Gasteiger partial charge in [0.15, 0.2) is 5.82 Å². The predicted molar refractivity (Wildman–Crippen MR) is 106 cm³/mol. The summed E-state index contributed by atoms with van der Waals surface area (Å²) in [5.74, 6) is 1.01. The van der Waals surface area contributed by atoms with Gasteiger partial charge >= 0.3 is 6.03 Å². The van der Waals surface area contributed by atoms with Gasteiger partial charge in [-0.15, -0.1) is 0 Å². The first-order valence-electron chi connectivity index (χ1n) is 10.5. The van der Waals surface area contributed by atoms with Crippen LogP contribution in [0.2, 0.25) is 0 Å². The molecule has 3 aliphatic rings. The highest BCUT2D eigenvalue weighted by Gasteiger charge is 2.27. The van der Waals surface area contributed by atoms with E-state index in [0.717, 1.165) is 56.7 Å². The second kappa shape index (κ2) is 7.58. The van der Waals surface area contributed by atoms with Gasteiger partial charge in [-0.1, -0.05) is 0 Å². The number of anilines is 1. The van der Waals surface area contributed by atoms with Gasteiger partial charge < -0.3 is 19.9 Å². The Morgan fingerprint density at radius 1 is 1.18 bits per heavy atom. The topological polar surface area (TPSA) is 75.0 Å². The van der Waals surface area contributed by atoms with Crippen molar-refractivity contribution in [3.8, 4) is 0 Å². The lowest BCUT2D eigenvalue weighted by Crippen LogP contribution is -2.53. The van der Waals surface area contributed by atoms with E-state index >= 15 is 0 Å². The van der Waals surface area contributed by atoms with E-state index in [9.17, 15) is 4.79 Å². The van der Waals surface area contributed by atoms with Gasteiger partial charge in [-0.2, -0.15) is 5.10 Å². The first-order chi connectivity index (χ1) is 13.8. The van der Waals surface area contributed by atoms with Gasteiger partial charge in [0, 0.05) is 57.3 Å². The van der Waals surface area contributed by atoms with Crippen molar-refractivity contribution in [2.45, 2.75) is 44.6 Å². The van der Waals surface area contributed by atoms with E-state index in [1.54, 1.807) is 0 Å².